The fourth-order valence-electron chi connectivity index (χ4n) is 4.45. The molecule has 0 fully saturated rings. The number of fused-ring (bicyclic) bond motifs is 4. The van der Waals surface area contributed by atoms with Crippen LogP contribution in [-0.2, 0) is 38.5 Å². The highest BCUT2D eigenvalue weighted by Crippen LogP contribution is 2.34. The maximum Gasteiger partial charge on any atom is 0.105 e. The molecule has 0 atom stereocenters. The molecule has 1 heteroatoms. The van der Waals surface area contributed by atoms with E-state index in [1.807, 2.05) is 0 Å². The number of rotatable bonds is 0. The average molecular weight is 340 g/mol. The molecular formula is C25H24O. The van der Waals surface area contributed by atoms with Gasteiger partial charge >= 0.3 is 0 Å². The van der Waals surface area contributed by atoms with E-state index in [-0.39, 0.29) is 0 Å². The van der Waals surface area contributed by atoms with Crippen LogP contribution in [0.1, 0.15) is 50.6 Å². The van der Waals surface area contributed by atoms with Gasteiger partial charge in [0.2, 0.25) is 0 Å². The Morgan fingerprint density at radius 3 is 1.35 bits per heavy atom. The molecule has 3 aliphatic carbocycles. The Balaban J connectivity index is 1.65. The summed E-state index contributed by atoms with van der Waals surface area (Å²) >= 11 is 0. The van der Waals surface area contributed by atoms with Gasteiger partial charge < -0.3 is 5.11 Å². The largest absolute Gasteiger partial charge is 0.384 e. The molecule has 3 aromatic rings. The number of hydrogen-bond donors (Lipinski definition) is 1. The van der Waals surface area contributed by atoms with Crippen LogP contribution >= 0.6 is 0 Å². The summed E-state index contributed by atoms with van der Waals surface area (Å²) in [4.78, 5) is 0. The van der Waals surface area contributed by atoms with Gasteiger partial charge in [0.1, 0.15) is 6.10 Å². The zero-order valence-corrected chi connectivity index (χ0v) is 15.0. The van der Waals surface area contributed by atoms with Gasteiger partial charge in [0, 0.05) is 0 Å². The summed E-state index contributed by atoms with van der Waals surface area (Å²) in [6.07, 6.45) is 5.67. The van der Waals surface area contributed by atoms with Gasteiger partial charge in [0.05, 0.1) is 0 Å². The molecule has 3 aliphatic rings. The van der Waals surface area contributed by atoms with E-state index in [0.717, 1.165) is 49.7 Å². The molecule has 3 aromatic carbocycles. The maximum absolute atomic E-state index is 11.2. The minimum absolute atomic E-state index is 0.499. The second-order valence-electron chi connectivity index (χ2n) is 7.79. The maximum atomic E-state index is 11.2. The highest BCUT2D eigenvalue weighted by atomic mass is 16.3. The summed E-state index contributed by atoms with van der Waals surface area (Å²) in [6.45, 7) is 0. The van der Waals surface area contributed by atoms with Gasteiger partial charge in [-0.05, 0) is 83.0 Å². The summed E-state index contributed by atoms with van der Waals surface area (Å²) in [6, 6.07) is 22.6. The predicted octanol–water partition coefficient (Wildman–Crippen LogP) is 4.75. The van der Waals surface area contributed by atoms with Gasteiger partial charge in [-0.15, -0.1) is 0 Å². The Hall–Kier alpha value is -2.38. The Kier molecular flexibility index (Phi) is 3.90. The fourth-order valence-corrected chi connectivity index (χ4v) is 4.45. The molecule has 6 rings (SSSR count). The Morgan fingerprint density at radius 1 is 0.500 bits per heavy atom. The van der Waals surface area contributed by atoms with Crippen molar-refractivity contribution < 1.29 is 5.11 Å². The van der Waals surface area contributed by atoms with Crippen LogP contribution in [0.25, 0.3) is 0 Å². The van der Waals surface area contributed by atoms with E-state index in [9.17, 15) is 5.11 Å². The van der Waals surface area contributed by atoms with Crippen LogP contribution in [0.2, 0.25) is 0 Å². The normalized spacial score (nSPS) is 16.3. The molecule has 0 radical (unpaired) electrons. The van der Waals surface area contributed by atoms with Crippen molar-refractivity contribution in [3.05, 3.63) is 105 Å². The Labute approximate surface area is 155 Å². The van der Waals surface area contributed by atoms with Gasteiger partial charge in [-0.25, -0.2) is 0 Å². The summed E-state index contributed by atoms with van der Waals surface area (Å²) < 4.78 is 0. The topological polar surface area (TPSA) is 20.2 Å². The van der Waals surface area contributed by atoms with Crippen molar-refractivity contribution in [2.24, 2.45) is 0 Å². The number of aliphatic hydroxyl groups is 1. The molecule has 0 amide bonds. The second-order valence-corrected chi connectivity index (χ2v) is 7.79. The highest BCUT2D eigenvalue weighted by Gasteiger charge is 2.22. The molecule has 6 bridgehead atoms. The Bertz CT molecular complexity index is 874. The van der Waals surface area contributed by atoms with E-state index < -0.39 is 6.10 Å². The standard InChI is InChI=1S/C25H24O/c26-25-23-15-19-7-5-17-1-2-18(4-3-17)6-8-20-10-12-22(24(25)16-20)14-13-21(23)11-9-19/h1-4,9-12,15-16,25-26H,5-8,13-14H2. The van der Waals surface area contributed by atoms with Crippen LogP contribution in [0.15, 0.2) is 60.7 Å². The SMILES string of the molecule is OC1c2cc3ccc2CCc2ccc(cc21)CCc1ccc(cc1)CC3. The summed E-state index contributed by atoms with van der Waals surface area (Å²) in [5.41, 5.74) is 10.2. The lowest BCUT2D eigenvalue weighted by atomic mass is 9.92. The van der Waals surface area contributed by atoms with Crippen molar-refractivity contribution in [3.8, 4) is 0 Å². The first kappa shape index (κ1) is 15.8. The van der Waals surface area contributed by atoms with Gasteiger partial charge in [-0.1, -0.05) is 60.7 Å². The average Bonchev–Trinajstić information content (AvgIpc) is 2.82. The minimum Gasteiger partial charge on any atom is -0.384 e. The van der Waals surface area contributed by atoms with Crippen molar-refractivity contribution in [1.29, 1.82) is 0 Å². The number of aliphatic hydroxyl groups excluding tert-OH is 1. The van der Waals surface area contributed by atoms with E-state index in [0.29, 0.717) is 0 Å². The third-order valence-corrected chi connectivity index (χ3v) is 6.10. The van der Waals surface area contributed by atoms with Crippen molar-refractivity contribution in [2.45, 2.75) is 44.6 Å². The first-order valence-electron chi connectivity index (χ1n) is 9.75. The predicted molar refractivity (Wildman–Crippen MR) is 106 cm³/mol. The molecule has 0 aliphatic heterocycles. The van der Waals surface area contributed by atoms with Gasteiger partial charge in [0.15, 0.2) is 0 Å². The number of benzene rings is 3. The van der Waals surface area contributed by atoms with Crippen LogP contribution < -0.4 is 0 Å². The van der Waals surface area contributed by atoms with E-state index in [4.69, 9.17) is 0 Å². The monoisotopic (exact) mass is 340 g/mol. The smallest absolute Gasteiger partial charge is 0.105 e. The lowest BCUT2D eigenvalue weighted by molar-refractivity contribution is 0.219. The van der Waals surface area contributed by atoms with Crippen molar-refractivity contribution >= 4 is 0 Å². The highest BCUT2D eigenvalue weighted by molar-refractivity contribution is 5.46. The number of aryl methyl sites for hydroxylation is 6. The van der Waals surface area contributed by atoms with Gasteiger partial charge in [-0.3, -0.25) is 0 Å². The van der Waals surface area contributed by atoms with E-state index in [1.165, 1.54) is 33.4 Å². The van der Waals surface area contributed by atoms with Crippen molar-refractivity contribution in [2.75, 3.05) is 0 Å². The molecule has 0 heterocycles. The summed E-state index contributed by atoms with van der Waals surface area (Å²) in [5, 5.41) is 11.2. The van der Waals surface area contributed by atoms with Gasteiger partial charge in [0.25, 0.3) is 0 Å². The first-order chi connectivity index (χ1) is 12.8. The first-order valence-corrected chi connectivity index (χ1v) is 9.75. The van der Waals surface area contributed by atoms with Crippen LogP contribution in [0.5, 0.6) is 0 Å². The van der Waals surface area contributed by atoms with E-state index >= 15 is 0 Å². The quantitative estimate of drug-likeness (QED) is 0.626. The van der Waals surface area contributed by atoms with Crippen LogP contribution in [0.4, 0.5) is 0 Å². The van der Waals surface area contributed by atoms with Crippen molar-refractivity contribution in [1.82, 2.24) is 0 Å². The molecule has 0 unspecified atom stereocenters. The third kappa shape index (κ3) is 2.87. The van der Waals surface area contributed by atoms with Crippen LogP contribution in [-0.4, -0.2) is 5.11 Å². The molecule has 0 spiro atoms. The lowest BCUT2D eigenvalue weighted by Crippen LogP contribution is -2.05. The zero-order valence-electron chi connectivity index (χ0n) is 15.0. The Morgan fingerprint density at radius 2 is 0.885 bits per heavy atom. The molecule has 0 aromatic heterocycles. The second kappa shape index (κ2) is 6.41. The van der Waals surface area contributed by atoms with E-state index in [2.05, 4.69) is 60.7 Å². The molecular weight excluding hydrogens is 316 g/mol. The number of hydrogen-bond acceptors (Lipinski definition) is 1. The fraction of sp³-hybridized carbons (Fsp3) is 0.280. The molecule has 1 nitrogen and oxygen atoms in total. The minimum atomic E-state index is -0.499. The molecule has 130 valence electrons. The third-order valence-electron chi connectivity index (χ3n) is 6.10. The molecule has 0 saturated carbocycles. The molecule has 0 saturated heterocycles. The van der Waals surface area contributed by atoms with Crippen LogP contribution in [0.3, 0.4) is 0 Å². The lowest BCUT2D eigenvalue weighted by Gasteiger charge is -2.17. The summed E-state index contributed by atoms with van der Waals surface area (Å²) in [5.74, 6) is 0. The zero-order chi connectivity index (χ0) is 17.5. The van der Waals surface area contributed by atoms with Crippen molar-refractivity contribution in [3.63, 3.8) is 0 Å². The van der Waals surface area contributed by atoms with E-state index in [1.54, 1.807) is 0 Å². The van der Waals surface area contributed by atoms with Gasteiger partial charge in [-0.2, -0.15) is 0 Å². The molecule has 26 heavy (non-hydrogen) atoms. The molecule has 1 N–H and O–H groups in total. The van der Waals surface area contributed by atoms with Crippen LogP contribution in [0, 0.1) is 0 Å². The summed E-state index contributed by atoms with van der Waals surface area (Å²) in [7, 11) is 0.